The number of hydrogen-bond donors (Lipinski definition) is 0. The largest absolute Gasteiger partial charge is 0.465 e. The van der Waals surface area contributed by atoms with E-state index in [1.54, 1.807) is 6.92 Å². The van der Waals surface area contributed by atoms with Gasteiger partial charge >= 0.3 is 5.97 Å². The highest BCUT2D eigenvalue weighted by Gasteiger charge is 2.40. The Morgan fingerprint density at radius 1 is 1.26 bits per heavy atom. The third-order valence-corrected chi connectivity index (χ3v) is 5.16. The standard InChI is InChI=1S/C16H25NO2/c1-2-19-15(18)14(12-17)13-6-10-16(11-7-13)8-4-3-5-9-16/h13-14H,2-11H2,1H3/t14-/m0/s1. The lowest BCUT2D eigenvalue weighted by Crippen LogP contribution is -2.34. The van der Waals surface area contributed by atoms with E-state index in [-0.39, 0.29) is 11.9 Å². The van der Waals surface area contributed by atoms with Crippen LogP contribution < -0.4 is 0 Å². The number of esters is 1. The lowest BCUT2D eigenvalue weighted by molar-refractivity contribution is -0.148. The lowest BCUT2D eigenvalue weighted by Gasteiger charge is -2.43. The smallest absolute Gasteiger partial charge is 0.323 e. The summed E-state index contributed by atoms with van der Waals surface area (Å²) in [7, 11) is 0. The Hall–Kier alpha value is -1.04. The van der Waals surface area contributed by atoms with Crippen molar-refractivity contribution in [3.8, 4) is 6.07 Å². The normalized spacial score (nSPS) is 24.6. The van der Waals surface area contributed by atoms with Crippen molar-refractivity contribution in [2.24, 2.45) is 17.3 Å². The molecule has 0 aromatic carbocycles. The van der Waals surface area contributed by atoms with E-state index in [0.29, 0.717) is 12.0 Å². The van der Waals surface area contributed by atoms with Gasteiger partial charge in [-0.3, -0.25) is 4.79 Å². The predicted molar refractivity (Wildman–Crippen MR) is 73.2 cm³/mol. The molecule has 0 bridgehead atoms. The van der Waals surface area contributed by atoms with Crippen molar-refractivity contribution in [2.45, 2.75) is 64.7 Å². The van der Waals surface area contributed by atoms with Gasteiger partial charge in [-0.1, -0.05) is 19.3 Å². The molecule has 0 radical (unpaired) electrons. The molecule has 106 valence electrons. The zero-order valence-electron chi connectivity index (χ0n) is 12.0. The van der Waals surface area contributed by atoms with Gasteiger partial charge < -0.3 is 4.74 Å². The zero-order chi connectivity index (χ0) is 13.7. The second kappa shape index (κ2) is 6.41. The van der Waals surface area contributed by atoms with Crippen LogP contribution in [0.5, 0.6) is 0 Å². The third kappa shape index (κ3) is 3.29. The molecule has 3 nitrogen and oxygen atoms in total. The molecule has 2 aliphatic carbocycles. The summed E-state index contributed by atoms with van der Waals surface area (Å²) in [6.45, 7) is 2.16. The highest BCUT2D eigenvalue weighted by molar-refractivity contribution is 5.75. The molecule has 0 aromatic heterocycles. The molecule has 1 spiro atoms. The van der Waals surface area contributed by atoms with Gasteiger partial charge in [-0.2, -0.15) is 5.26 Å². The van der Waals surface area contributed by atoms with Gasteiger partial charge in [-0.15, -0.1) is 0 Å². The average molecular weight is 263 g/mol. The van der Waals surface area contributed by atoms with Crippen molar-refractivity contribution in [1.82, 2.24) is 0 Å². The fraction of sp³-hybridized carbons (Fsp3) is 0.875. The second-order valence-corrected chi connectivity index (χ2v) is 6.26. The third-order valence-electron chi connectivity index (χ3n) is 5.16. The predicted octanol–water partition coefficient (Wildman–Crippen LogP) is 3.83. The molecule has 19 heavy (non-hydrogen) atoms. The van der Waals surface area contributed by atoms with Crippen molar-refractivity contribution < 1.29 is 9.53 Å². The summed E-state index contributed by atoms with van der Waals surface area (Å²) >= 11 is 0. The molecule has 0 unspecified atom stereocenters. The highest BCUT2D eigenvalue weighted by atomic mass is 16.5. The van der Waals surface area contributed by atoms with Gasteiger partial charge in [0.1, 0.15) is 5.92 Å². The molecular formula is C16H25NO2. The summed E-state index contributed by atoms with van der Waals surface area (Å²) in [5.41, 5.74) is 0.545. The SMILES string of the molecule is CCOC(=O)[C@@H](C#N)C1CCC2(CCCCC2)CC1. The quantitative estimate of drug-likeness (QED) is 0.727. The van der Waals surface area contributed by atoms with E-state index in [9.17, 15) is 10.1 Å². The summed E-state index contributed by atoms with van der Waals surface area (Å²) in [6, 6.07) is 2.17. The van der Waals surface area contributed by atoms with E-state index < -0.39 is 5.92 Å². The highest BCUT2D eigenvalue weighted by Crippen LogP contribution is 2.50. The second-order valence-electron chi connectivity index (χ2n) is 6.26. The van der Waals surface area contributed by atoms with Crippen LogP contribution in [0, 0.1) is 28.6 Å². The maximum atomic E-state index is 11.8. The van der Waals surface area contributed by atoms with Gasteiger partial charge in [0.2, 0.25) is 0 Å². The molecule has 2 saturated carbocycles. The fourth-order valence-corrected chi connectivity index (χ4v) is 3.97. The number of nitriles is 1. The van der Waals surface area contributed by atoms with Gasteiger partial charge in [-0.25, -0.2) is 0 Å². The number of rotatable bonds is 3. The number of nitrogens with zero attached hydrogens (tertiary/aromatic N) is 1. The molecule has 0 N–H and O–H groups in total. The maximum Gasteiger partial charge on any atom is 0.323 e. The van der Waals surface area contributed by atoms with Crippen LogP contribution in [0.4, 0.5) is 0 Å². The van der Waals surface area contributed by atoms with Crippen molar-refractivity contribution in [2.75, 3.05) is 6.61 Å². The van der Waals surface area contributed by atoms with Crippen LogP contribution in [-0.2, 0) is 9.53 Å². The van der Waals surface area contributed by atoms with Crippen LogP contribution in [0.2, 0.25) is 0 Å². The van der Waals surface area contributed by atoms with Crippen molar-refractivity contribution in [3.05, 3.63) is 0 Å². The molecule has 0 amide bonds. The summed E-state index contributed by atoms with van der Waals surface area (Å²) in [6.07, 6.45) is 11.3. The van der Waals surface area contributed by atoms with Crippen molar-refractivity contribution >= 4 is 5.97 Å². The molecule has 1 atom stereocenters. The van der Waals surface area contributed by atoms with E-state index in [1.165, 1.54) is 44.9 Å². The van der Waals surface area contributed by atoms with Crippen LogP contribution in [-0.4, -0.2) is 12.6 Å². The first-order valence-corrected chi connectivity index (χ1v) is 7.77. The first-order valence-electron chi connectivity index (χ1n) is 7.77. The van der Waals surface area contributed by atoms with Gasteiger partial charge in [-0.05, 0) is 56.8 Å². The fourth-order valence-electron chi connectivity index (χ4n) is 3.97. The Morgan fingerprint density at radius 3 is 2.42 bits per heavy atom. The molecular weight excluding hydrogens is 238 g/mol. The van der Waals surface area contributed by atoms with Crippen LogP contribution in [0.1, 0.15) is 64.7 Å². The molecule has 0 aromatic rings. The van der Waals surface area contributed by atoms with Gasteiger partial charge in [0, 0.05) is 0 Å². The summed E-state index contributed by atoms with van der Waals surface area (Å²) in [4.78, 5) is 11.8. The van der Waals surface area contributed by atoms with Crippen LogP contribution in [0.3, 0.4) is 0 Å². The Balaban J connectivity index is 1.91. The summed E-state index contributed by atoms with van der Waals surface area (Å²) < 4.78 is 5.02. The van der Waals surface area contributed by atoms with E-state index in [1.807, 2.05) is 0 Å². The average Bonchev–Trinajstić information content (AvgIpc) is 2.43. The van der Waals surface area contributed by atoms with Gasteiger partial charge in [0.25, 0.3) is 0 Å². The molecule has 2 rings (SSSR count). The number of carbonyl (C=O) groups excluding carboxylic acids is 1. The lowest BCUT2D eigenvalue weighted by atomic mass is 9.62. The minimum Gasteiger partial charge on any atom is -0.465 e. The Bertz CT molecular complexity index is 342. The number of hydrogen-bond acceptors (Lipinski definition) is 3. The summed E-state index contributed by atoms with van der Waals surface area (Å²) in [5.74, 6) is -0.632. The van der Waals surface area contributed by atoms with E-state index in [0.717, 1.165) is 12.8 Å². The zero-order valence-corrected chi connectivity index (χ0v) is 12.0. The van der Waals surface area contributed by atoms with Gasteiger partial charge in [0.15, 0.2) is 0 Å². The Morgan fingerprint density at radius 2 is 1.89 bits per heavy atom. The first-order chi connectivity index (χ1) is 9.21. The van der Waals surface area contributed by atoms with Crippen LogP contribution in [0.25, 0.3) is 0 Å². The van der Waals surface area contributed by atoms with Gasteiger partial charge in [0.05, 0.1) is 12.7 Å². The number of ether oxygens (including phenoxy) is 1. The van der Waals surface area contributed by atoms with Crippen LogP contribution >= 0.6 is 0 Å². The topological polar surface area (TPSA) is 50.1 Å². The van der Waals surface area contributed by atoms with Crippen molar-refractivity contribution in [3.63, 3.8) is 0 Å². The van der Waals surface area contributed by atoms with E-state index in [4.69, 9.17) is 4.74 Å². The molecule has 0 aliphatic heterocycles. The molecule has 0 saturated heterocycles. The minimum atomic E-state index is -0.541. The van der Waals surface area contributed by atoms with Crippen LogP contribution in [0.15, 0.2) is 0 Å². The van der Waals surface area contributed by atoms with E-state index in [2.05, 4.69) is 6.07 Å². The summed E-state index contributed by atoms with van der Waals surface area (Å²) in [5, 5.41) is 9.23. The molecule has 3 heteroatoms. The first kappa shape index (κ1) is 14.4. The molecule has 2 aliphatic rings. The number of carbonyl (C=O) groups is 1. The Kier molecular flexibility index (Phi) is 4.85. The van der Waals surface area contributed by atoms with E-state index >= 15 is 0 Å². The van der Waals surface area contributed by atoms with Crippen molar-refractivity contribution in [1.29, 1.82) is 5.26 Å². The monoisotopic (exact) mass is 263 g/mol. The molecule has 0 heterocycles. The molecule has 2 fully saturated rings. The minimum absolute atomic E-state index is 0.219. The Labute approximate surface area is 116 Å². The maximum absolute atomic E-state index is 11.8.